The molecule has 0 unspecified atom stereocenters. The van der Waals surface area contributed by atoms with Gasteiger partial charge < -0.3 is 25.6 Å². The summed E-state index contributed by atoms with van der Waals surface area (Å²) in [4.78, 5) is 36.7. The molecule has 1 aliphatic heterocycles. The Labute approximate surface area is 198 Å². The summed E-state index contributed by atoms with van der Waals surface area (Å²) in [6.07, 6.45) is -2.97. The summed E-state index contributed by atoms with van der Waals surface area (Å²) in [5.41, 5.74) is 0.609. The molecular formula is C19H22N8O7S. The van der Waals surface area contributed by atoms with E-state index >= 15 is 0 Å². The number of nitrogens with one attached hydrogen (secondary N) is 3. The average Bonchev–Trinajstić information content (AvgIpc) is 3.35. The lowest BCUT2D eigenvalue weighted by Crippen LogP contribution is -2.42. The van der Waals surface area contributed by atoms with Crippen molar-refractivity contribution in [3.63, 3.8) is 0 Å². The molecule has 3 aromatic rings. The van der Waals surface area contributed by atoms with Crippen LogP contribution in [0.4, 0.5) is 16.3 Å². The van der Waals surface area contributed by atoms with E-state index in [0.29, 0.717) is 12.2 Å². The van der Waals surface area contributed by atoms with E-state index in [1.165, 1.54) is 35.2 Å². The number of likely N-dealkylation sites (N-methyl/N-ethyl adjacent to an activating group) is 1. The van der Waals surface area contributed by atoms with Gasteiger partial charge in [-0.25, -0.2) is 33.3 Å². The van der Waals surface area contributed by atoms with Gasteiger partial charge in [0.2, 0.25) is 10.0 Å². The topological polar surface area (TPSA) is 224 Å². The minimum Gasteiger partial charge on any atom is -0.387 e. The number of hydrogen-bond acceptors (Lipinski definition) is 10. The molecule has 1 fully saturated rings. The van der Waals surface area contributed by atoms with Crippen LogP contribution < -0.4 is 21.1 Å². The molecule has 0 radical (unpaired) electrons. The highest BCUT2D eigenvalue weighted by Gasteiger charge is 2.47. The molecule has 0 aliphatic carbocycles. The number of carbonyl (C=O) groups is 2. The number of aliphatic hydroxyl groups is 2. The minimum absolute atomic E-state index is 0.0284. The monoisotopic (exact) mass is 506 g/mol. The normalized spacial score (nSPS) is 22.2. The third kappa shape index (κ3) is 4.91. The van der Waals surface area contributed by atoms with Crippen molar-refractivity contribution in [2.75, 3.05) is 17.2 Å². The summed E-state index contributed by atoms with van der Waals surface area (Å²) in [6, 6.07) is 4.50. The number of aliphatic hydroxyl groups excluding tert-OH is 2. The van der Waals surface area contributed by atoms with Crippen LogP contribution >= 0.6 is 0 Å². The van der Waals surface area contributed by atoms with Crippen LogP contribution in [0.1, 0.15) is 13.2 Å². The van der Waals surface area contributed by atoms with Gasteiger partial charge in [-0.3, -0.25) is 14.7 Å². The number of amides is 3. The number of anilines is 2. The molecule has 3 amide bonds. The fourth-order valence-electron chi connectivity index (χ4n) is 3.51. The van der Waals surface area contributed by atoms with Crippen molar-refractivity contribution in [2.24, 2.45) is 5.14 Å². The van der Waals surface area contributed by atoms with E-state index < -0.39 is 46.5 Å². The number of hydrogen-bond donors (Lipinski definition) is 6. The highest BCUT2D eigenvalue weighted by Crippen LogP contribution is 2.32. The van der Waals surface area contributed by atoms with E-state index in [2.05, 4.69) is 30.9 Å². The molecule has 1 saturated heterocycles. The Balaban J connectivity index is 1.52. The van der Waals surface area contributed by atoms with Gasteiger partial charge >= 0.3 is 6.03 Å². The average molecular weight is 507 g/mol. The van der Waals surface area contributed by atoms with Crippen molar-refractivity contribution >= 4 is 44.6 Å². The number of fused-ring (bicyclic) bond motifs is 1. The van der Waals surface area contributed by atoms with Gasteiger partial charge in [0, 0.05) is 12.2 Å². The number of sulfonamides is 1. The van der Waals surface area contributed by atoms with Crippen molar-refractivity contribution in [3.05, 3.63) is 36.9 Å². The number of primary sulfonamides is 1. The zero-order valence-electron chi connectivity index (χ0n) is 18.2. The molecule has 0 saturated carbocycles. The van der Waals surface area contributed by atoms with Gasteiger partial charge in [0.25, 0.3) is 5.91 Å². The predicted octanol–water partition coefficient (Wildman–Crippen LogP) is -1.13. The molecule has 15 nitrogen and oxygen atoms in total. The number of nitrogens with two attached hydrogens (primary N) is 1. The number of nitrogens with zero attached hydrogens (tertiary/aromatic N) is 4. The Morgan fingerprint density at radius 1 is 1.11 bits per heavy atom. The van der Waals surface area contributed by atoms with Crippen molar-refractivity contribution in [1.29, 1.82) is 0 Å². The lowest BCUT2D eigenvalue weighted by Gasteiger charge is -2.16. The van der Waals surface area contributed by atoms with Gasteiger partial charge in [0.1, 0.15) is 18.5 Å². The molecular weight excluding hydrogens is 484 g/mol. The van der Waals surface area contributed by atoms with E-state index in [9.17, 15) is 28.2 Å². The van der Waals surface area contributed by atoms with E-state index in [1.54, 1.807) is 6.92 Å². The second kappa shape index (κ2) is 9.51. The van der Waals surface area contributed by atoms with Gasteiger partial charge in [-0.1, -0.05) is 0 Å². The van der Waals surface area contributed by atoms with Crippen molar-refractivity contribution < 1.29 is 33.0 Å². The lowest BCUT2D eigenvalue weighted by atomic mass is 10.1. The molecule has 1 aliphatic rings. The molecule has 0 bridgehead atoms. The Hall–Kier alpha value is -3.70. The number of rotatable bonds is 6. The first-order valence-corrected chi connectivity index (χ1v) is 11.8. The molecule has 186 valence electrons. The van der Waals surface area contributed by atoms with E-state index in [0.717, 1.165) is 6.33 Å². The summed E-state index contributed by atoms with van der Waals surface area (Å²) in [6.45, 7) is 2.03. The van der Waals surface area contributed by atoms with Gasteiger partial charge in [0.05, 0.1) is 11.2 Å². The number of carbonyl (C=O) groups excluding carboxylic acids is 2. The van der Waals surface area contributed by atoms with Crippen molar-refractivity contribution in [1.82, 2.24) is 24.8 Å². The molecule has 2 aromatic heterocycles. The second-order valence-corrected chi connectivity index (χ2v) is 9.08. The van der Waals surface area contributed by atoms with Gasteiger partial charge in [0.15, 0.2) is 29.3 Å². The van der Waals surface area contributed by atoms with Crippen molar-refractivity contribution in [2.45, 2.75) is 36.4 Å². The van der Waals surface area contributed by atoms with Crippen LogP contribution in [0.5, 0.6) is 0 Å². The predicted molar refractivity (Wildman–Crippen MR) is 120 cm³/mol. The lowest BCUT2D eigenvalue weighted by molar-refractivity contribution is -0.137. The maximum Gasteiger partial charge on any atom is 0.324 e. The highest BCUT2D eigenvalue weighted by atomic mass is 32.2. The van der Waals surface area contributed by atoms with E-state index in [4.69, 9.17) is 9.88 Å². The molecule has 4 rings (SSSR count). The number of aromatic nitrogens is 4. The number of urea groups is 1. The first kappa shape index (κ1) is 24.4. The number of ether oxygens (including phenoxy) is 1. The maximum atomic E-state index is 12.4. The third-order valence-corrected chi connectivity index (χ3v) is 6.08. The zero-order chi connectivity index (χ0) is 25.3. The Morgan fingerprint density at radius 3 is 2.49 bits per heavy atom. The third-order valence-electron chi connectivity index (χ3n) is 5.15. The fourth-order valence-corrected chi connectivity index (χ4v) is 4.02. The van der Waals surface area contributed by atoms with Crippen LogP contribution in [0.2, 0.25) is 0 Å². The molecule has 7 N–H and O–H groups in total. The van der Waals surface area contributed by atoms with Crippen LogP contribution in [0.15, 0.2) is 41.8 Å². The summed E-state index contributed by atoms with van der Waals surface area (Å²) >= 11 is 0. The summed E-state index contributed by atoms with van der Waals surface area (Å²) < 4.78 is 29.6. The quantitative estimate of drug-likeness (QED) is 0.236. The molecule has 0 spiro atoms. The van der Waals surface area contributed by atoms with E-state index in [-0.39, 0.29) is 21.9 Å². The first-order chi connectivity index (χ1) is 16.6. The largest absolute Gasteiger partial charge is 0.387 e. The van der Waals surface area contributed by atoms with Crippen LogP contribution in [0, 0.1) is 0 Å². The molecule has 16 heteroatoms. The van der Waals surface area contributed by atoms with Crippen LogP contribution in [0.25, 0.3) is 11.2 Å². The zero-order valence-corrected chi connectivity index (χ0v) is 19.0. The molecule has 1 aromatic carbocycles. The molecule has 4 atom stereocenters. The molecule has 35 heavy (non-hydrogen) atoms. The van der Waals surface area contributed by atoms with Gasteiger partial charge in [-0.2, -0.15) is 0 Å². The summed E-state index contributed by atoms with van der Waals surface area (Å²) in [7, 11) is -3.87. The summed E-state index contributed by atoms with van der Waals surface area (Å²) in [5.74, 6) is -0.544. The van der Waals surface area contributed by atoms with Crippen LogP contribution in [-0.4, -0.2) is 74.9 Å². The Kier molecular flexibility index (Phi) is 6.64. The number of imidazole rings is 1. The van der Waals surface area contributed by atoms with Crippen molar-refractivity contribution in [3.8, 4) is 0 Å². The van der Waals surface area contributed by atoms with Crippen LogP contribution in [-0.2, 0) is 19.6 Å². The fraction of sp³-hybridized carbons (Fsp3) is 0.316. The standard InChI is InChI=1S/C19H22N8O7S/c1-2-21-17(30)14-12(28)13(29)18(34-14)27-8-24-11-15(22-7-23-16(11)27)26-19(31)25-9-3-5-10(6-4-9)35(20,32)33/h3-8,12-14,18,28-29H,2H2,1H3,(H,21,30)(H2,20,32,33)(H2,22,23,25,26,31)/t12-,13+,14+,18-/m1/s1. The summed E-state index contributed by atoms with van der Waals surface area (Å²) in [5, 5.41) is 33.3. The minimum atomic E-state index is -3.87. The maximum absolute atomic E-state index is 12.4. The number of benzene rings is 1. The molecule has 3 heterocycles. The van der Waals surface area contributed by atoms with Crippen LogP contribution in [0.3, 0.4) is 0 Å². The first-order valence-electron chi connectivity index (χ1n) is 10.3. The Bertz CT molecular complexity index is 1360. The smallest absolute Gasteiger partial charge is 0.324 e. The second-order valence-electron chi connectivity index (χ2n) is 7.52. The Morgan fingerprint density at radius 2 is 1.83 bits per heavy atom. The van der Waals surface area contributed by atoms with Gasteiger partial charge in [-0.15, -0.1) is 0 Å². The SMILES string of the molecule is CCNC(=O)[C@H]1O[C@@H](n2cnc3c(NC(=O)Nc4ccc(S(N)(=O)=O)cc4)ncnc32)[C@@H](O)[C@H]1O. The van der Waals surface area contributed by atoms with E-state index in [1.807, 2.05) is 0 Å². The van der Waals surface area contributed by atoms with Gasteiger partial charge in [-0.05, 0) is 31.2 Å². The highest BCUT2D eigenvalue weighted by molar-refractivity contribution is 7.89.